The van der Waals surface area contributed by atoms with E-state index in [0.717, 1.165) is 67.1 Å². The molecule has 2 aromatic heterocycles. The first-order valence-electron chi connectivity index (χ1n) is 15.8. The van der Waals surface area contributed by atoms with E-state index >= 15 is 0 Å². The first-order chi connectivity index (χ1) is 21.3. The minimum Gasteiger partial charge on any atom is -0.338 e. The fourth-order valence-electron chi connectivity index (χ4n) is 7.35. The third kappa shape index (κ3) is 5.27. The molecule has 12 heteroatoms. The summed E-state index contributed by atoms with van der Waals surface area (Å²) in [7, 11) is 1.78. The molecule has 0 saturated carbocycles. The van der Waals surface area contributed by atoms with Gasteiger partial charge < -0.3 is 20.0 Å². The molecule has 0 spiro atoms. The number of carbonyl (C=O) groups excluding carboxylic acids is 2. The Kier molecular flexibility index (Phi) is 7.63. The molecule has 234 valence electrons. The maximum Gasteiger partial charge on any atom is 0.264 e. The number of nitrogens with one attached hydrogen (secondary N) is 1. The van der Waals surface area contributed by atoms with Crippen molar-refractivity contribution in [3.63, 3.8) is 0 Å². The number of rotatable bonds is 6. The van der Waals surface area contributed by atoms with E-state index in [1.807, 2.05) is 15.9 Å². The molecule has 4 aliphatic heterocycles. The molecule has 7 rings (SSSR count). The Labute approximate surface area is 256 Å². The Morgan fingerprint density at radius 1 is 1.09 bits per heavy atom. The molecular formula is C32H40F2N8O2. The molecular weight excluding hydrogens is 566 g/mol. The van der Waals surface area contributed by atoms with Crippen molar-refractivity contribution in [1.29, 1.82) is 0 Å². The Morgan fingerprint density at radius 3 is 2.59 bits per heavy atom. The molecule has 2 fully saturated rings. The largest absolute Gasteiger partial charge is 0.338 e. The number of likely N-dealkylation sites (tertiary alicyclic amines) is 1. The standard InChI is InChI=1S/C32H40F2N8O2/c1-20(43)39-11-7-28-27(19-39)32(37-42(28)24-17-40(18-24)30(44)12-21-5-8-35-9-6-21)41-10-3-4-22-13-25(23-15-36-38(2)16-23)26(31(33)34)14-29(22)41/h13-16,21,24,31,35H,3-12,17-19H2,1-2H3. The summed E-state index contributed by atoms with van der Waals surface area (Å²) < 4.78 is 32.7. The lowest BCUT2D eigenvalue weighted by molar-refractivity contribution is -0.138. The number of carbonyl (C=O) groups is 2. The average Bonchev–Trinajstić information content (AvgIpc) is 3.59. The number of hydrogen-bond acceptors (Lipinski definition) is 6. The van der Waals surface area contributed by atoms with Crippen LogP contribution in [-0.4, -0.2) is 80.4 Å². The third-order valence-corrected chi connectivity index (χ3v) is 9.87. The van der Waals surface area contributed by atoms with Gasteiger partial charge in [-0.05, 0) is 68.0 Å². The van der Waals surface area contributed by atoms with Crippen LogP contribution in [0.15, 0.2) is 24.5 Å². The van der Waals surface area contributed by atoms with E-state index in [0.29, 0.717) is 62.6 Å². The number of amides is 2. The summed E-state index contributed by atoms with van der Waals surface area (Å²) in [6, 6.07) is 3.58. The van der Waals surface area contributed by atoms with Gasteiger partial charge in [-0.1, -0.05) is 0 Å². The summed E-state index contributed by atoms with van der Waals surface area (Å²) in [6.07, 6.45) is 5.73. The number of fused-ring (bicyclic) bond motifs is 2. The van der Waals surface area contributed by atoms with Crippen molar-refractivity contribution in [3.8, 4) is 11.1 Å². The van der Waals surface area contributed by atoms with Crippen LogP contribution in [0.5, 0.6) is 0 Å². The van der Waals surface area contributed by atoms with Gasteiger partial charge in [0.05, 0.1) is 18.8 Å². The highest BCUT2D eigenvalue weighted by atomic mass is 19.3. The van der Waals surface area contributed by atoms with E-state index in [9.17, 15) is 18.4 Å². The van der Waals surface area contributed by atoms with Gasteiger partial charge >= 0.3 is 0 Å². The number of piperidine rings is 1. The van der Waals surface area contributed by atoms with Crippen LogP contribution in [-0.2, 0) is 36.0 Å². The van der Waals surface area contributed by atoms with Gasteiger partial charge in [0, 0.05) is 87.3 Å². The Bertz CT molecular complexity index is 1570. The number of hydrogen-bond donors (Lipinski definition) is 1. The summed E-state index contributed by atoms with van der Waals surface area (Å²) in [4.78, 5) is 31.3. The lowest BCUT2D eigenvalue weighted by Crippen LogP contribution is -2.52. The van der Waals surface area contributed by atoms with E-state index < -0.39 is 6.43 Å². The fraction of sp³-hybridized carbons (Fsp3) is 0.562. The van der Waals surface area contributed by atoms with Gasteiger partial charge in [-0.2, -0.15) is 10.2 Å². The zero-order valence-electron chi connectivity index (χ0n) is 25.4. The Hall–Kier alpha value is -3.80. The minimum atomic E-state index is -2.65. The van der Waals surface area contributed by atoms with Crippen molar-refractivity contribution in [2.24, 2.45) is 13.0 Å². The number of aryl methyl sites for hydroxylation is 2. The molecule has 0 unspecified atom stereocenters. The predicted molar refractivity (Wildman–Crippen MR) is 162 cm³/mol. The molecule has 1 aromatic carbocycles. The predicted octanol–water partition coefficient (Wildman–Crippen LogP) is 3.98. The van der Waals surface area contributed by atoms with Crippen LogP contribution in [0.2, 0.25) is 0 Å². The molecule has 44 heavy (non-hydrogen) atoms. The van der Waals surface area contributed by atoms with Crippen molar-refractivity contribution in [2.75, 3.05) is 44.2 Å². The van der Waals surface area contributed by atoms with Gasteiger partial charge in [0.25, 0.3) is 6.43 Å². The van der Waals surface area contributed by atoms with Gasteiger partial charge in [0.2, 0.25) is 11.8 Å². The molecule has 4 aliphatic rings. The van der Waals surface area contributed by atoms with E-state index in [2.05, 4.69) is 20.0 Å². The maximum absolute atomic E-state index is 14.5. The van der Waals surface area contributed by atoms with Crippen molar-refractivity contribution < 1.29 is 18.4 Å². The van der Waals surface area contributed by atoms with Gasteiger partial charge in [-0.15, -0.1) is 0 Å². The van der Waals surface area contributed by atoms with E-state index in [4.69, 9.17) is 5.10 Å². The normalized spacial score (nSPS) is 19.2. The Balaban J connectivity index is 1.21. The molecule has 3 aromatic rings. The minimum absolute atomic E-state index is 0.00724. The second-order valence-electron chi connectivity index (χ2n) is 12.8. The quantitative estimate of drug-likeness (QED) is 0.457. The van der Waals surface area contributed by atoms with Crippen LogP contribution in [0.3, 0.4) is 0 Å². The van der Waals surface area contributed by atoms with Gasteiger partial charge in [-0.3, -0.25) is 19.0 Å². The zero-order chi connectivity index (χ0) is 30.5. The van der Waals surface area contributed by atoms with Crippen LogP contribution < -0.4 is 10.2 Å². The molecule has 0 aliphatic carbocycles. The smallest absolute Gasteiger partial charge is 0.264 e. The topological polar surface area (TPSA) is 91.5 Å². The average molecular weight is 607 g/mol. The van der Waals surface area contributed by atoms with Crippen molar-refractivity contribution >= 4 is 23.3 Å². The monoisotopic (exact) mass is 606 g/mol. The number of benzene rings is 1. The van der Waals surface area contributed by atoms with Gasteiger partial charge in [-0.25, -0.2) is 8.78 Å². The second kappa shape index (κ2) is 11.6. The molecule has 2 saturated heterocycles. The SMILES string of the molecule is CC(=O)N1CCc2c(c(N3CCCc4cc(-c5cnn(C)c5)c(C(F)F)cc43)nn2C2CN(C(=O)CC3CCNCC3)C2)C1. The summed E-state index contributed by atoms with van der Waals surface area (Å²) in [5, 5.41) is 12.7. The Morgan fingerprint density at radius 2 is 1.89 bits per heavy atom. The van der Waals surface area contributed by atoms with Crippen LogP contribution >= 0.6 is 0 Å². The summed E-state index contributed by atoms with van der Waals surface area (Å²) >= 11 is 0. The molecule has 0 bridgehead atoms. The fourth-order valence-corrected chi connectivity index (χ4v) is 7.35. The van der Waals surface area contributed by atoms with E-state index in [1.165, 1.54) is 0 Å². The molecule has 6 heterocycles. The van der Waals surface area contributed by atoms with Gasteiger partial charge in [0.1, 0.15) is 0 Å². The van der Waals surface area contributed by atoms with Crippen molar-refractivity contribution in [2.45, 2.75) is 64.5 Å². The van der Waals surface area contributed by atoms with Crippen LogP contribution in [0.1, 0.15) is 67.5 Å². The van der Waals surface area contributed by atoms with E-state index in [-0.39, 0.29) is 23.4 Å². The second-order valence-corrected chi connectivity index (χ2v) is 12.8. The van der Waals surface area contributed by atoms with Gasteiger partial charge in [0.15, 0.2) is 5.82 Å². The van der Waals surface area contributed by atoms with E-state index in [1.54, 1.807) is 37.1 Å². The molecule has 2 amide bonds. The number of alkyl halides is 2. The first-order valence-corrected chi connectivity index (χ1v) is 15.8. The summed E-state index contributed by atoms with van der Waals surface area (Å²) in [6.45, 7) is 6.47. The van der Waals surface area contributed by atoms with Crippen LogP contribution in [0.4, 0.5) is 20.3 Å². The highest BCUT2D eigenvalue weighted by Crippen LogP contribution is 2.43. The lowest BCUT2D eigenvalue weighted by Gasteiger charge is -2.41. The lowest BCUT2D eigenvalue weighted by atomic mass is 9.92. The number of nitrogens with zero attached hydrogens (tertiary/aromatic N) is 7. The first kappa shape index (κ1) is 28.9. The third-order valence-electron chi connectivity index (χ3n) is 9.87. The highest BCUT2D eigenvalue weighted by Gasteiger charge is 2.39. The van der Waals surface area contributed by atoms with Crippen molar-refractivity contribution in [3.05, 3.63) is 46.9 Å². The number of aromatic nitrogens is 4. The summed E-state index contributed by atoms with van der Waals surface area (Å²) in [5.41, 5.74) is 4.97. The molecule has 0 radical (unpaired) electrons. The van der Waals surface area contributed by atoms with Crippen molar-refractivity contribution in [1.82, 2.24) is 34.7 Å². The molecule has 1 N–H and O–H groups in total. The molecule has 0 atom stereocenters. The van der Waals surface area contributed by atoms with Crippen LogP contribution in [0, 0.1) is 5.92 Å². The number of halogens is 2. The highest BCUT2D eigenvalue weighted by molar-refractivity contribution is 5.79. The zero-order valence-corrected chi connectivity index (χ0v) is 25.4. The molecule has 10 nitrogen and oxygen atoms in total. The number of anilines is 2. The van der Waals surface area contributed by atoms with Crippen LogP contribution in [0.25, 0.3) is 11.1 Å². The maximum atomic E-state index is 14.5. The summed E-state index contributed by atoms with van der Waals surface area (Å²) in [5.74, 6) is 1.40.